The lowest BCUT2D eigenvalue weighted by Crippen LogP contribution is -2.75. The van der Waals surface area contributed by atoms with Gasteiger partial charge >= 0.3 is 0 Å². The Morgan fingerprint density at radius 2 is 0.588 bits per heavy atom. The van der Waals surface area contributed by atoms with Gasteiger partial charge in [0.2, 0.25) is 0 Å². The summed E-state index contributed by atoms with van der Waals surface area (Å²) >= 11 is 1.85. The fraction of sp³-hybridized carbons (Fsp3) is 0. The summed E-state index contributed by atoms with van der Waals surface area (Å²) in [7, 11) is -6.25. The molecule has 0 N–H and O–H groups in total. The van der Waals surface area contributed by atoms with Gasteiger partial charge in [0.1, 0.15) is 0 Å². The van der Waals surface area contributed by atoms with Crippen LogP contribution in [0.2, 0.25) is 0 Å². The van der Waals surface area contributed by atoms with E-state index < -0.39 is 16.1 Å². The number of hydrogen-bond donors (Lipinski definition) is 0. The van der Waals surface area contributed by atoms with Crippen LogP contribution in [0.1, 0.15) is 0 Å². The maximum Gasteiger partial charge on any atom is 0.252 e. The second-order valence-electron chi connectivity index (χ2n) is 25.4. The summed E-state index contributed by atoms with van der Waals surface area (Å²) in [6, 6.07) is 147. The standard InChI is InChI=1S/C90H64BN3SSi2/c1-9-32-65(33-10-1)67-56-58-79-84(60-67)94(81-51-26-25-50-78(81)66-34-11-2-12-35-66)87-63-69(93-82-52-27-29-54-88(82)95-89-55-30-28-53-83(89)93)62-86-90(87)91(79)80-59-57-77(97(73-43-19-6-20-44-73,74-45-21-7-22-46-74)75-47-23-8-24-48-75)64-85(80)92(86)68-36-31-49-76(61-68)96(70-37-13-3-14-38-70,71-39-15-4-16-40-71)72-41-17-5-18-42-72/h1-64H. The third-order valence-electron chi connectivity index (χ3n) is 20.3. The van der Waals surface area contributed by atoms with E-state index in [1.807, 2.05) is 11.8 Å². The first-order valence-corrected chi connectivity index (χ1v) is 38.3. The first-order chi connectivity index (χ1) is 48.1. The Morgan fingerprint density at radius 1 is 0.216 bits per heavy atom. The van der Waals surface area contributed by atoms with Crippen LogP contribution in [0.15, 0.2) is 398 Å². The Kier molecular flexibility index (Phi) is 14.6. The molecule has 3 aliphatic heterocycles. The van der Waals surface area contributed by atoms with Gasteiger partial charge in [-0.3, -0.25) is 0 Å². The van der Waals surface area contributed by atoms with Crippen LogP contribution in [0.5, 0.6) is 0 Å². The van der Waals surface area contributed by atoms with Gasteiger partial charge in [-0.25, -0.2) is 0 Å². The van der Waals surface area contributed by atoms with Crippen molar-refractivity contribution in [3.63, 3.8) is 0 Å². The van der Waals surface area contributed by atoms with E-state index in [0.717, 1.165) is 67.9 Å². The van der Waals surface area contributed by atoms with Crippen molar-refractivity contribution in [2.45, 2.75) is 9.79 Å². The highest BCUT2D eigenvalue weighted by Crippen LogP contribution is 2.55. The number of rotatable bonds is 13. The quantitative estimate of drug-likeness (QED) is 0.0840. The molecule has 0 saturated carbocycles. The molecule has 18 rings (SSSR count). The first-order valence-electron chi connectivity index (χ1n) is 33.5. The summed E-state index contributed by atoms with van der Waals surface area (Å²) in [6.45, 7) is -0.202. The largest absolute Gasteiger partial charge is 0.311 e. The lowest BCUT2D eigenvalue weighted by molar-refractivity contribution is 1.16. The highest BCUT2D eigenvalue weighted by atomic mass is 32.2. The molecule has 0 fully saturated rings. The Bertz CT molecular complexity index is 5160. The monoisotopic (exact) mass is 1290 g/mol. The lowest BCUT2D eigenvalue weighted by Gasteiger charge is -2.46. The summed E-state index contributed by atoms with van der Waals surface area (Å²) in [5.74, 6) is 0. The van der Waals surface area contributed by atoms with E-state index in [-0.39, 0.29) is 6.71 Å². The van der Waals surface area contributed by atoms with Crippen LogP contribution in [0.3, 0.4) is 0 Å². The van der Waals surface area contributed by atoms with Gasteiger partial charge in [-0.1, -0.05) is 333 Å². The van der Waals surface area contributed by atoms with Gasteiger partial charge in [0, 0.05) is 43.8 Å². The number of para-hydroxylation sites is 3. The van der Waals surface area contributed by atoms with Crippen molar-refractivity contribution >= 4 is 144 Å². The summed E-state index contributed by atoms with van der Waals surface area (Å²) in [4.78, 5) is 10.3. The molecular formula is C90H64BN3SSi2. The normalized spacial score (nSPS) is 12.8. The molecule has 0 radical (unpaired) electrons. The zero-order valence-electron chi connectivity index (χ0n) is 53.3. The molecule has 0 atom stereocenters. The van der Waals surface area contributed by atoms with E-state index in [9.17, 15) is 0 Å². The zero-order chi connectivity index (χ0) is 64.3. The molecule has 7 heteroatoms. The van der Waals surface area contributed by atoms with E-state index in [1.165, 1.54) is 73.2 Å². The maximum absolute atomic E-state index is 3.15. The van der Waals surface area contributed by atoms with Gasteiger partial charge in [0.15, 0.2) is 16.1 Å². The minimum Gasteiger partial charge on any atom is -0.311 e. The smallest absolute Gasteiger partial charge is 0.252 e. The molecule has 0 bridgehead atoms. The van der Waals surface area contributed by atoms with Crippen molar-refractivity contribution in [1.82, 2.24) is 0 Å². The third kappa shape index (κ3) is 9.56. The van der Waals surface area contributed by atoms with Crippen molar-refractivity contribution in [1.29, 1.82) is 0 Å². The average Bonchev–Trinajstić information content (AvgIpc) is 0.690. The fourth-order valence-electron chi connectivity index (χ4n) is 16.2. The summed E-state index contributed by atoms with van der Waals surface area (Å²) in [6.07, 6.45) is 0. The van der Waals surface area contributed by atoms with E-state index in [2.05, 4.69) is 403 Å². The Balaban J connectivity index is 1.00. The van der Waals surface area contributed by atoms with Crippen LogP contribution < -0.4 is 72.6 Å². The van der Waals surface area contributed by atoms with Gasteiger partial charge in [-0.15, -0.1) is 0 Å². The molecule has 456 valence electrons. The highest BCUT2D eigenvalue weighted by Gasteiger charge is 2.49. The van der Waals surface area contributed by atoms with Crippen molar-refractivity contribution in [3.8, 4) is 22.3 Å². The second kappa shape index (κ2) is 24.4. The predicted octanol–water partition coefficient (Wildman–Crippen LogP) is 15.8. The third-order valence-corrected chi connectivity index (χ3v) is 31.0. The van der Waals surface area contributed by atoms with Gasteiger partial charge in [-0.2, -0.15) is 0 Å². The van der Waals surface area contributed by atoms with Gasteiger partial charge in [0.25, 0.3) is 6.71 Å². The van der Waals surface area contributed by atoms with Crippen LogP contribution in [-0.4, -0.2) is 22.9 Å². The molecule has 3 heterocycles. The Morgan fingerprint density at radius 3 is 1.08 bits per heavy atom. The first kappa shape index (κ1) is 58.2. The molecule has 15 aromatic rings. The molecule has 0 aliphatic carbocycles. The molecule has 15 aromatic carbocycles. The minimum atomic E-state index is -3.15. The second-order valence-corrected chi connectivity index (χ2v) is 34.1. The Labute approximate surface area is 574 Å². The van der Waals surface area contributed by atoms with Crippen LogP contribution in [0.25, 0.3) is 22.3 Å². The molecule has 0 aromatic heterocycles. The summed E-state index contributed by atoms with van der Waals surface area (Å²) < 4.78 is 0. The molecule has 0 spiro atoms. The molecule has 97 heavy (non-hydrogen) atoms. The van der Waals surface area contributed by atoms with Gasteiger partial charge in [0.05, 0.1) is 22.7 Å². The Hall–Kier alpha value is -11.5. The molecule has 0 amide bonds. The lowest BCUT2D eigenvalue weighted by atomic mass is 9.33. The number of anilines is 9. The molecule has 3 aliphatic rings. The number of benzene rings is 15. The van der Waals surface area contributed by atoms with Crippen LogP contribution in [-0.2, 0) is 0 Å². The summed E-state index contributed by atoms with van der Waals surface area (Å²) in [5, 5.41) is 10.6. The van der Waals surface area contributed by atoms with Crippen LogP contribution >= 0.6 is 11.8 Å². The van der Waals surface area contributed by atoms with E-state index in [1.54, 1.807) is 0 Å². The average molecular weight is 1290 g/mol. The number of fused-ring (bicyclic) bond motifs is 6. The predicted molar refractivity (Wildman–Crippen MR) is 417 cm³/mol. The van der Waals surface area contributed by atoms with E-state index in [4.69, 9.17) is 0 Å². The molecule has 0 saturated heterocycles. The molecule has 3 nitrogen and oxygen atoms in total. The van der Waals surface area contributed by atoms with Crippen molar-refractivity contribution < 1.29 is 0 Å². The van der Waals surface area contributed by atoms with Crippen LogP contribution in [0, 0.1) is 0 Å². The van der Waals surface area contributed by atoms with Crippen LogP contribution in [0.4, 0.5) is 51.2 Å². The SMILES string of the molecule is c1ccc(-c2ccc3c(c2)N(c2ccccc2-c2ccccc2)c2cc(N4c5ccccc5Sc5ccccc54)cc4c2B3c2ccc([Si](c3ccccc3)(c3ccccc3)c3ccccc3)cc2N4c2cccc([Si](c3ccccc3)(c3ccccc3)c3ccccc3)c2)cc1. The fourth-order valence-corrected chi connectivity index (χ4v) is 26.8. The molecule has 0 unspecified atom stereocenters. The molecular weight excluding hydrogens is 1220 g/mol. The minimum absolute atomic E-state index is 0.202. The highest BCUT2D eigenvalue weighted by molar-refractivity contribution is 7.99. The van der Waals surface area contributed by atoms with E-state index >= 15 is 0 Å². The van der Waals surface area contributed by atoms with Crippen molar-refractivity contribution in [2.75, 3.05) is 14.7 Å². The zero-order valence-corrected chi connectivity index (χ0v) is 56.1. The van der Waals surface area contributed by atoms with Crippen molar-refractivity contribution in [2.24, 2.45) is 0 Å². The van der Waals surface area contributed by atoms with Gasteiger partial charge in [-0.05, 0) is 141 Å². The number of hydrogen-bond acceptors (Lipinski definition) is 4. The number of nitrogens with zero attached hydrogens (tertiary/aromatic N) is 3. The topological polar surface area (TPSA) is 9.72 Å². The van der Waals surface area contributed by atoms with Gasteiger partial charge < -0.3 is 14.7 Å². The maximum atomic E-state index is 2.70. The summed E-state index contributed by atoms with van der Waals surface area (Å²) in [5.41, 5.74) is 18.5. The van der Waals surface area contributed by atoms with Crippen molar-refractivity contribution in [3.05, 3.63) is 388 Å². The van der Waals surface area contributed by atoms with E-state index in [0.29, 0.717) is 0 Å².